The molecule has 0 spiro atoms. The van der Waals surface area contributed by atoms with Gasteiger partial charge in [-0.3, -0.25) is 9.19 Å². The van der Waals surface area contributed by atoms with Gasteiger partial charge in [-0.25, -0.2) is 0 Å². The van der Waals surface area contributed by atoms with Gasteiger partial charge in [-0.15, -0.1) is 0 Å². The molecule has 2 atom stereocenters. The van der Waals surface area contributed by atoms with Crippen molar-refractivity contribution in [2.75, 3.05) is 63.3 Å². The number of nitrogens with zero attached hydrogens (tertiary/aromatic N) is 6. The number of methoxy groups -OCH3 is 1. The highest BCUT2D eigenvalue weighted by Gasteiger charge is 2.39. The average Bonchev–Trinajstić information content (AvgIpc) is 3.11. The molecule has 2 aromatic heterocycles. The second-order valence-electron chi connectivity index (χ2n) is 8.98. The minimum Gasteiger partial charge on any atom is -0.461 e. The lowest BCUT2D eigenvalue weighted by Gasteiger charge is -2.30. The highest BCUT2D eigenvalue weighted by molar-refractivity contribution is 7.84. The summed E-state index contributed by atoms with van der Waals surface area (Å²) in [7, 11) is 6.51. The number of hydrogen-bond donors (Lipinski definition) is 1. The molecule has 1 aliphatic heterocycles. The summed E-state index contributed by atoms with van der Waals surface area (Å²) >= 11 is 0. The third-order valence-electron chi connectivity index (χ3n) is 5.92. The number of pyridine rings is 1. The van der Waals surface area contributed by atoms with E-state index in [1.165, 1.54) is 5.56 Å². The van der Waals surface area contributed by atoms with Crippen molar-refractivity contribution in [2.24, 2.45) is 0 Å². The largest absolute Gasteiger partial charge is 0.461 e. The van der Waals surface area contributed by atoms with E-state index in [0.717, 1.165) is 17.7 Å². The van der Waals surface area contributed by atoms with Crippen molar-refractivity contribution in [3.05, 3.63) is 59.4 Å². The first-order valence-electron chi connectivity index (χ1n) is 11.6. The van der Waals surface area contributed by atoms with Crippen molar-refractivity contribution < 1.29 is 13.7 Å². The fraction of sp³-hybridized carbons (Fsp3) is 0.400. The second-order valence-corrected chi connectivity index (χ2v) is 10.4. The number of hydrogen-bond acceptors (Lipinski definition) is 10. The normalized spacial score (nSPS) is 15.9. The first-order valence-corrected chi connectivity index (χ1v) is 13.1. The van der Waals surface area contributed by atoms with Crippen molar-refractivity contribution in [2.45, 2.75) is 24.2 Å². The van der Waals surface area contributed by atoms with Gasteiger partial charge in [-0.05, 0) is 31.3 Å². The number of benzene rings is 1. The molecule has 2 unspecified atom stereocenters. The van der Waals surface area contributed by atoms with E-state index in [0.29, 0.717) is 42.0 Å². The molecule has 0 amide bonds. The molecule has 0 aliphatic carbocycles. The van der Waals surface area contributed by atoms with E-state index in [4.69, 9.17) is 20.2 Å². The van der Waals surface area contributed by atoms with Crippen LogP contribution in [0.2, 0.25) is 0 Å². The number of rotatable bonds is 10. The Labute approximate surface area is 214 Å². The number of fused-ring (bicyclic) bond motifs is 1. The average molecular weight is 512 g/mol. The standard InChI is InChI=1S/C25H33N7O3S/c1-30(2)15-17-6-8-18(9-7-17)16-32-23-21(22(26)28-25(29-23)35-11-10-34-4)31(3)24(32)19-12-20(36(5)33)14-27-13-19/h6-9,12-14,24H,10-11,15-16H2,1-5H3,(H2,26,28,29). The topological polar surface area (TPSA) is 110 Å². The molecule has 3 heterocycles. The lowest BCUT2D eigenvalue weighted by atomic mass is 10.1. The van der Waals surface area contributed by atoms with Crippen molar-refractivity contribution in [1.82, 2.24) is 19.9 Å². The Morgan fingerprint density at radius 1 is 1.11 bits per heavy atom. The lowest BCUT2D eigenvalue weighted by molar-refractivity contribution is 0.141. The molecule has 0 fully saturated rings. The predicted molar refractivity (Wildman–Crippen MR) is 142 cm³/mol. The van der Waals surface area contributed by atoms with Gasteiger partial charge in [0.2, 0.25) is 0 Å². The summed E-state index contributed by atoms with van der Waals surface area (Å²) in [5.41, 5.74) is 10.4. The van der Waals surface area contributed by atoms with Crippen LogP contribution in [0.4, 0.5) is 17.3 Å². The maximum atomic E-state index is 12.2. The van der Waals surface area contributed by atoms with Gasteiger partial charge in [0.15, 0.2) is 11.6 Å². The van der Waals surface area contributed by atoms with E-state index in [-0.39, 0.29) is 12.2 Å². The van der Waals surface area contributed by atoms with E-state index >= 15 is 0 Å². The quantitative estimate of drug-likeness (QED) is 0.408. The molecule has 1 aromatic carbocycles. The molecule has 36 heavy (non-hydrogen) atoms. The maximum Gasteiger partial charge on any atom is 0.320 e. The first kappa shape index (κ1) is 25.8. The smallest absolute Gasteiger partial charge is 0.320 e. The van der Waals surface area contributed by atoms with E-state index in [1.54, 1.807) is 25.8 Å². The molecule has 0 bridgehead atoms. The highest BCUT2D eigenvalue weighted by atomic mass is 32.2. The molecule has 192 valence electrons. The summed E-state index contributed by atoms with van der Waals surface area (Å²) < 4.78 is 23.0. The fourth-order valence-electron chi connectivity index (χ4n) is 4.32. The van der Waals surface area contributed by atoms with Crippen molar-refractivity contribution in [3.63, 3.8) is 0 Å². The Morgan fingerprint density at radius 2 is 1.83 bits per heavy atom. The summed E-state index contributed by atoms with van der Waals surface area (Å²) in [6, 6.07) is 10.7. The van der Waals surface area contributed by atoms with Gasteiger partial charge >= 0.3 is 6.01 Å². The molecule has 11 heteroatoms. The van der Waals surface area contributed by atoms with Crippen LogP contribution in [0.15, 0.2) is 47.6 Å². The molecule has 4 rings (SSSR count). The number of anilines is 3. The predicted octanol–water partition coefficient (Wildman–Crippen LogP) is 2.43. The Kier molecular flexibility index (Phi) is 8.02. The monoisotopic (exact) mass is 511 g/mol. The summed E-state index contributed by atoms with van der Waals surface area (Å²) in [6.07, 6.45) is 4.79. The van der Waals surface area contributed by atoms with Crippen LogP contribution in [0, 0.1) is 0 Å². The molecule has 0 saturated carbocycles. The first-order chi connectivity index (χ1) is 17.3. The van der Waals surface area contributed by atoms with E-state index < -0.39 is 10.8 Å². The van der Waals surface area contributed by atoms with Gasteiger partial charge in [0.05, 0.1) is 22.3 Å². The van der Waals surface area contributed by atoms with Gasteiger partial charge in [-0.2, -0.15) is 9.97 Å². The molecule has 0 saturated heterocycles. The van der Waals surface area contributed by atoms with Crippen molar-refractivity contribution in [3.8, 4) is 6.01 Å². The van der Waals surface area contributed by atoms with Crippen molar-refractivity contribution >= 4 is 28.1 Å². The Morgan fingerprint density at radius 3 is 2.50 bits per heavy atom. The van der Waals surface area contributed by atoms with Gasteiger partial charge in [0.1, 0.15) is 18.5 Å². The van der Waals surface area contributed by atoms with Crippen LogP contribution < -0.4 is 20.3 Å². The van der Waals surface area contributed by atoms with Crippen LogP contribution in [-0.2, 0) is 28.6 Å². The third kappa shape index (κ3) is 5.58. The zero-order valence-corrected chi connectivity index (χ0v) is 22.2. The SMILES string of the molecule is COCCOc1nc(N)c2c(n1)N(Cc1ccc(CN(C)C)cc1)C(c1cncc(S(C)=O)c1)N2C. The molecule has 3 aromatic rings. The third-order valence-corrected chi connectivity index (χ3v) is 6.80. The molecule has 0 radical (unpaired) electrons. The summed E-state index contributed by atoms with van der Waals surface area (Å²) in [5, 5.41) is 0. The van der Waals surface area contributed by atoms with Crippen LogP contribution in [0.25, 0.3) is 0 Å². The molecule has 10 nitrogen and oxygen atoms in total. The molecular weight excluding hydrogens is 478 g/mol. The minimum absolute atomic E-state index is 0.199. The van der Waals surface area contributed by atoms with Gasteiger partial charge in [0, 0.05) is 51.5 Å². The zero-order valence-electron chi connectivity index (χ0n) is 21.3. The Hall–Kier alpha value is -3.28. The van der Waals surface area contributed by atoms with Gasteiger partial charge in [0.25, 0.3) is 0 Å². The summed E-state index contributed by atoms with van der Waals surface area (Å²) in [5.74, 6) is 0.995. The number of aromatic nitrogens is 3. The molecule has 1 aliphatic rings. The van der Waals surface area contributed by atoms with Gasteiger partial charge in [-0.1, -0.05) is 24.3 Å². The van der Waals surface area contributed by atoms with Crippen molar-refractivity contribution in [1.29, 1.82) is 0 Å². The second kappa shape index (κ2) is 11.2. The lowest BCUT2D eigenvalue weighted by Crippen LogP contribution is -2.33. The molecular formula is C25H33N7O3S. The van der Waals surface area contributed by atoms with Crippen LogP contribution in [0.1, 0.15) is 22.9 Å². The Balaban J connectivity index is 1.74. The van der Waals surface area contributed by atoms with E-state index in [1.807, 2.05) is 18.0 Å². The fourth-order valence-corrected chi connectivity index (χ4v) is 4.83. The van der Waals surface area contributed by atoms with Crippen LogP contribution in [0.5, 0.6) is 6.01 Å². The van der Waals surface area contributed by atoms with E-state index in [2.05, 4.69) is 58.1 Å². The number of nitrogen functional groups attached to an aromatic ring is 1. The number of ether oxygens (including phenoxy) is 2. The zero-order chi connectivity index (χ0) is 25.8. The summed E-state index contributed by atoms with van der Waals surface area (Å²) in [4.78, 5) is 20.4. The molecule has 2 N–H and O–H groups in total. The number of nitrogens with two attached hydrogens (primary N) is 1. The summed E-state index contributed by atoms with van der Waals surface area (Å²) in [6.45, 7) is 2.17. The van der Waals surface area contributed by atoms with Gasteiger partial charge < -0.3 is 29.9 Å². The Bertz CT molecular complexity index is 1220. The maximum absolute atomic E-state index is 12.2. The van der Waals surface area contributed by atoms with E-state index in [9.17, 15) is 4.21 Å². The minimum atomic E-state index is -1.16. The van der Waals surface area contributed by atoms with Crippen LogP contribution >= 0.6 is 0 Å². The highest BCUT2D eigenvalue weighted by Crippen LogP contribution is 2.48. The van der Waals surface area contributed by atoms with Crippen LogP contribution in [0.3, 0.4) is 0 Å². The van der Waals surface area contributed by atoms with Crippen LogP contribution in [-0.4, -0.2) is 71.8 Å².